The molecule has 0 fully saturated rings. The van der Waals surface area contributed by atoms with Crippen LogP contribution in [0.3, 0.4) is 0 Å². The number of pyridine rings is 2. The molecule has 0 aliphatic carbocycles. The highest BCUT2D eigenvalue weighted by atomic mass is 16.1. The number of rotatable bonds is 3. The van der Waals surface area contributed by atoms with Crippen LogP contribution < -0.4 is 11.3 Å². The molecule has 25 heavy (non-hydrogen) atoms. The fourth-order valence-electron chi connectivity index (χ4n) is 2.80. The summed E-state index contributed by atoms with van der Waals surface area (Å²) in [5.74, 6) is 0.200. The second-order valence-electron chi connectivity index (χ2n) is 5.68. The Hall–Kier alpha value is -3.54. The van der Waals surface area contributed by atoms with E-state index >= 15 is 0 Å². The van der Waals surface area contributed by atoms with Crippen LogP contribution in [-0.2, 0) is 6.54 Å². The van der Waals surface area contributed by atoms with Gasteiger partial charge in [0.1, 0.15) is 11.5 Å². The summed E-state index contributed by atoms with van der Waals surface area (Å²) < 4.78 is 1.64. The largest absolute Gasteiger partial charge is 0.383 e. The molecular weight excluding hydrogens is 314 g/mol. The van der Waals surface area contributed by atoms with Crippen molar-refractivity contribution in [3.05, 3.63) is 83.2 Å². The van der Waals surface area contributed by atoms with Gasteiger partial charge in [0.15, 0.2) is 0 Å². The Kier molecular flexibility index (Phi) is 3.70. The van der Waals surface area contributed by atoms with E-state index in [1.807, 2.05) is 42.5 Å². The molecule has 0 bridgehead atoms. The van der Waals surface area contributed by atoms with Crippen LogP contribution in [0.5, 0.6) is 0 Å². The molecule has 0 aliphatic heterocycles. The summed E-state index contributed by atoms with van der Waals surface area (Å²) in [6.45, 7) is 0.487. The van der Waals surface area contributed by atoms with Gasteiger partial charge in [0.05, 0.1) is 23.8 Å². The van der Waals surface area contributed by atoms with Crippen LogP contribution in [0.1, 0.15) is 5.56 Å². The number of anilines is 1. The summed E-state index contributed by atoms with van der Waals surface area (Å²) >= 11 is 0. The van der Waals surface area contributed by atoms with Crippen LogP contribution in [0.25, 0.3) is 22.2 Å². The molecule has 3 heterocycles. The number of aromatic nitrogens is 4. The zero-order valence-electron chi connectivity index (χ0n) is 13.3. The van der Waals surface area contributed by atoms with Crippen LogP contribution in [0, 0.1) is 0 Å². The Morgan fingerprint density at radius 2 is 1.88 bits per heavy atom. The van der Waals surface area contributed by atoms with Gasteiger partial charge in [-0.05, 0) is 23.1 Å². The van der Waals surface area contributed by atoms with E-state index in [0.717, 1.165) is 10.9 Å². The van der Waals surface area contributed by atoms with Crippen LogP contribution in [-0.4, -0.2) is 19.5 Å². The maximum atomic E-state index is 12.8. The number of hydrogen-bond acceptors (Lipinski definition) is 5. The molecule has 1 aromatic carbocycles. The Bertz CT molecular complexity index is 1090. The van der Waals surface area contributed by atoms with Crippen molar-refractivity contribution >= 4 is 16.6 Å². The summed E-state index contributed by atoms with van der Waals surface area (Å²) in [4.78, 5) is 25.4. The molecule has 0 saturated heterocycles. The maximum absolute atomic E-state index is 12.8. The second-order valence-corrected chi connectivity index (χ2v) is 5.68. The van der Waals surface area contributed by atoms with Crippen LogP contribution in [0.2, 0.25) is 0 Å². The lowest BCUT2D eigenvalue weighted by Gasteiger charge is -2.10. The van der Waals surface area contributed by atoms with Crippen molar-refractivity contribution in [1.82, 2.24) is 19.5 Å². The molecular formula is C19H15N5O. The molecule has 3 aromatic heterocycles. The molecule has 0 spiro atoms. The third kappa shape index (κ3) is 2.85. The lowest BCUT2D eigenvalue weighted by Crippen LogP contribution is -2.21. The molecule has 0 radical (unpaired) electrons. The molecule has 0 saturated carbocycles. The van der Waals surface area contributed by atoms with E-state index in [9.17, 15) is 4.79 Å². The highest BCUT2D eigenvalue weighted by Gasteiger charge is 2.11. The van der Waals surface area contributed by atoms with Crippen LogP contribution in [0.15, 0.2) is 72.0 Å². The minimum atomic E-state index is -0.156. The van der Waals surface area contributed by atoms with Crippen molar-refractivity contribution in [1.29, 1.82) is 0 Å². The molecule has 0 amide bonds. The van der Waals surface area contributed by atoms with E-state index < -0.39 is 0 Å². The lowest BCUT2D eigenvalue weighted by molar-refractivity contribution is 0.768. The monoisotopic (exact) mass is 329 g/mol. The second kappa shape index (κ2) is 6.16. The van der Waals surface area contributed by atoms with Gasteiger partial charge < -0.3 is 10.3 Å². The SMILES string of the molecule is Nc1nc(-c2cnccn2)cc2ccn(Cc3ccccc3)c(=O)c12. The van der Waals surface area contributed by atoms with Crippen molar-refractivity contribution < 1.29 is 0 Å². The summed E-state index contributed by atoms with van der Waals surface area (Å²) in [7, 11) is 0. The molecule has 0 aliphatic rings. The first-order valence-electron chi connectivity index (χ1n) is 7.82. The van der Waals surface area contributed by atoms with Crippen LogP contribution >= 0.6 is 0 Å². The molecule has 2 N–H and O–H groups in total. The topological polar surface area (TPSA) is 86.7 Å². The highest BCUT2D eigenvalue weighted by Crippen LogP contribution is 2.22. The van der Waals surface area contributed by atoms with Crippen molar-refractivity contribution in [3.8, 4) is 11.4 Å². The predicted molar refractivity (Wildman–Crippen MR) is 97.0 cm³/mol. The highest BCUT2D eigenvalue weighted by molar-refractivity contribution is 5.92. The summed E-state index contributed by atoms with van der Waals surface area (Å²) in [6.07, 6.45) is 6.58. The van der Waals surface area contributed by atoms with Crippen molar-refractivity contribution in [3.63, 3.8) is 0 Å². The van der Waals surface area contributed by atoms with Gasteiger partial charge in [-0.15, -0.1) is 0 Å². The quantitative estimate of drug-likeness (QED) is 0.624. The Labute approximate surface area is 143 Å². The zero-order valence-corrected chi connectivity index (χ0v) is 13.3. The Morgan fingerprint density at radius 1 is 1.04 bits per heavy atom. The molecule has 6 heteroatoms. The van der Waals surface area contributed by atoms with E-state index in [1.165, 1.54) is 0 Å². The normalized spacial score (nSPS) is 10.9. The zero-order chi connectivity index (χ0) is 17.2. The molecule has 4 aromatic rings. The Morgan fingerprint density at radius 3 is 2.64 bits per heavy atom. The van der Waals surface area contributed by atoms with E-state index in [4.69, 9.17) is 5.73 Å². The van der Waals surface area contributed by atoms with Crippen molar-refractivity contribution in [2.75, 3.05) is 5.73 Å². The molecule has 0 atom stereocenters. The van der Waals surface area contributed by atoms with E-state index in [2.05, 4.69) is 15.0 Å². The first-order chi connectivity index (χ1) is 12.2. The number of hydrogen-bond donors (Lipinski definition) is 1. The lowest BCUT2D eigenvalue weighted by atomic mass is 10.1. The van der Waals surface area contributed by atoms with Gasteiger partial charge in [0.2, 0.25) is 0 Å². The number of nitrogens with two attached hydrogens (primary N) is 1. The summed E-state index contributed by atoms with van der Waals surface area (Å²) in [5.41, 5.74) is 8.19. The van der Waals surface area contributed by atoms with Crippen molar-refractivity contribution in [2.45, 2.75) is 6.54 Å². The standard InChI is InChI=1S/C19H15N5O/c20-18-17-14(10-15(23-18)16-11-21-7-8-22-16)6-9-24(19(17)25)12-13-4-2-1-3-5-13/h1-11H,12H2,(H2,20,23). The van der Waals surface area contributed by atoms with Gasteiger partial charge in [0.25, 0.3) is 5.56 Å². The Balaban J connectivity index is 1.82. The number of fused-ring (bicyclic) bond motifs is 1. The average molecular weight is 329 g/mol. The van der Waals surface area contributed by atoms with Crippen molar-refractivity contribution in [2.24, 2.45) is 0 Å². The summed E-state index contributed by atoms with van der Waals surface area (Å²) in [5, 5.41) is 1.16. The summed E-state index contributed by atoms with van der Waals surface area (Å²) in [6, 6.07) is 13.5. The van der Waals surface area contributed by atoms with E-state index in [1.54, 1.807) is 29.4 Å². The van der Waals surface area contributed by atoms with Gasteiger partial charge in [-0.3, -0.25) is 14.8 Å². The average Bonchev–Trinajstić information content (AvgIpc) is 2.65. The molecule has 0 unspecified atom stereocenters. The number of nitrogens with zero attached hydrogens (tertiary/aromatic N) is 4. The van der Waals surface area contributed by atoms with Gasteiger partial charge >= 0.3 is 0 Å². The molecule has 6 nitrogen and oxygen atoms in total. The van der Waals surface area contributed by atoms with Crippen LogP contribution in [0.4, 0.5) is 5.82 Å². The molecule has 122 valence electrons. The third-order valence-electron chi connectivity index (χ3n) is 4.01. The van der Waals surface area contributed by atoms with E-state index in [-0.39, 0.29) is 11.4 Å². The number of nitrogen functional groups attached to an aromatic ring is 1. The van der Waals surface area contributed by atoms with Gasteiger partial charge in [-0.2, -0.15) is 0 Å². The molecule has 4 rings (SSSR count). The van der Waals surface area contributed by atoms with Gasteiger partial charge in [-0.1, -0.05) is 30.3 Å². The maximum Gasteiger partial charge on any atom is 0.262 e. The first-order valence-corrected chi connectivity index (χ1v) is 7.82. The van der Waals surface area contributed by atoms with E-state index in [0.29, 0.717) is 23.3 Å². The number of benzene rings is 1. The minimum absolute atomic E-state index is 0.156. The first kappa shape index (κ1) is 15.0. The van der Waals surface area contributed by atoms with Gasteiger partial charge in [0, 0.05) is 18.6 Å². The smallest absolute Gasteiger partial charge is 0.262 e. The van der Waals surface area contributed by atoms with Gasteiger partial charge in [-0.25, -0.2) is 4.98 Å². The third-order valence-corrected chi connectivity index (χ3v) is 4.01. The predicted octanol–water partition coefficient (Wildman–Crippen LogP) is 2.48. The fraction of sp³-hybridized carbons (Fsp3) is 0.0526. The fourth-order valence-corrected chi connectivity index (χ4v) is 2.80. The minimum Gasteiger partial charge on any atom is -0.383 e.